The van der Waals surface area contributed by atoms with Crippen molar-refractivity contribution in [2.24, 2.45) is 5.73 Å². The molecule has 1 amide bonds. The van der Waals surface area contributed by atoms with E-state index in [1.807, 2.05) is 49.4 Å². The van der Waals surface area contributed by atoms with Gasteiger partial charge < -0.3 is 15.8 Å². The quantitative estimate of drug-likeness (QED) is 0.877. The standard InChI is InChI=1S/C16H18N2O2/c1-2-15(17)16(19)18-12-7-6-10-14(11-12)20-13-8-4-3-5-9-13/h3-11,15H,2,17H2,1H3,(H,18,19)/t15-/m1/s1. The van der Waals surface area contributed by atoms with Crippen LogP contribution in [0, 0.1) is 0 Å². The first-order valence-electron chi connectivity index (χ1n) is 6.58. The Hall–Kier alpha value is -2.33. The molecule has 0 aliphatic rings. The summed E-state index contributed by atoms with van der Waals surface area (Å²) in [6.45, 7) is 1.87. The van der Waals surface area contributed by atoms with E-state index in [1.54, 1.807) is 12.1 Å². The van der Waals surface area contributed by atoms with Crippen LogP contribution in [0.5, 0.6) is 11.5 Å². The number of nitrogens with one attached hydrogen (secondary N) is 1. The maximum absolute atomic E-state index is 11.7. The number of benzene rings is 2. The molecule has 2 aromatic carbocycles. The van der Waals surface area contributed by atoms with E-state index in [2.05, 4.69) is 5.32 Å². The molecule has 2 aromatic rings. The molecule has 0 saturated heterocycles. The molecule has 0 fully saturated rings. The normalized spacial score (nSPS) is 11.7. The van der Waals surface area contributed by atoms with Crippen LogP contribution in [0.3, 0.4) is 0 Å². The van der Waals surface area contributed by atoms with E-state index >= 15 is 0 Å². The number of nitrogens with two attached hydrogens (primary N) is 1. The predicted octanol–water partition coefficient (Wildman–Crippen LogP) is 3.15. The average Bonchev–Trinajstić information content (AvgIpc) is 2.47. The van der Waals surface area contributed by atoms with Gasteiger partial charge >= 0.3 is 0 Å². The van der Waals surface area contributed by atoms with Crippen LogP contribution < -0.4 is 15.8 Å². The van der Waals surface area contributed by atoms with Crippen molar-refractivity contribution < 1.29 is 9.53 Å². The third-order valence-electron chi connectivity index (χ3n) is 2.86. The van der Waals surface area contributed by atoms with Gasteiger partial charge in [-0.05, 0) is 30.7 Å². The number of carbonyl (C=O) groups excluding carboxylic acids is 1. The molecule has 104 valence electrons. The fourth-order valence-electron chi connectivity index (χ4n) is 1.68. The van der Waals surface area contributed by atoms with Crippen LogP contribution in [-0.4, -0.2) is 11.9 Å². The number of amides is 1. The monoisotopic (exact) mass is 270 g/mol. The Morgan fingerprint density at radius 3 is 2.55 bits per heavy atom. The summed E-state index contributed by atoms with van der Waals surface area (Å²) in [4.78, 5) is 11.7. The smallest absolute Gasteiger partial charge is 0.241 e. The van der Waals surface area contributed by atoms with Crippen molar-refractivity contribution >= 4 is 11.6 Å². The lowest BCUT2D eigenvalue weighted by molar-refractivity contribution is -0.117. The van der Waals surface area contributed by atoms with Gasteiger partial charge in [-0.3, -0.25) is 4.79 Å². The van der Waals surface area contributed by atoms with E-state index < -0.39 is 6.04 Å². The van der Waals surface area contributed by atoms with Gasteiger partial charge in [-0.1, -0.05) is 31.2 Å². The summed E-state index contributed by atoms with van der Waals surface area (Å²) < 4.78 is 5.70. The summed E-state index contributed by atoms with van der Waals surface area (Å²) in [5.74, 6) is 1.23. The van der Waals surface area contributed by atoms with Crippen molar-refractivity contribution in [2.45, 2.75) is 19.4 Å². The van der Waals surface area contributed by atoms with Crippen LogP contribution in [0.25, 0.3) is 0 Å². The summed E-state index contributed by atoms with van der Waals surface area (Å²) >= 11 is 0. The van der Waals surface area contributed by atoms with Gasteiger partial charge in [-0.15, -0.1) is 0 Å². The Labute approximate surface area is 118 Å². The van der Waals surface area contributed by atoms with E-state index in [1.165, 1.54) is 0 Å². The third-order valence-corrected chi connectivity index (χ3v) is 2.86. The molecule has 0 unspecified atom stereocenters. The molecule has 0 aromatic heterocycles. The molecular formula is C16H18N2O2. The molecule has 0 radical (unpaired) electrons. The first-order valence-corrected chi connectivity index (χ1v) is 6.58. The molecular weight excluding hydrogens is 252 g/mol. The van der Waals surface area contributed by atoms with Gasteiger partial charge in [0, 0.05) is 11.8 Å². The predicted molar refractivity (Wildman–Crippen MR) is 79.9 cm³/mol. The summed E-state index contributed by atoms with van der Waals surface area (Å²) in [6, 6.07) is 16.2. The molecule has 2 rings (SSSR count). The van der Waals surface area contributed by atoms with Gasteiger partial charge in [-0.25, -0.2) is 0 Å². The highest BCUT2D eigenvalue weighted by atomic mass is 16.5. The summed E-state index contributed by atoms with van der Waals surface area (Å²) in [5, 5.41) is 2.77. The first-order chi connectivity index (χ1) is 9.69. The molecule has 0 aliphatic heterocycles. The fourth-order valence-corrected chi connectivity index (χ4v) is 1.68. The van der Waals surface area contributed by atoms with Crippen LogP contribution in [0.1, 0.15) is 13.3 Å². The van der Waals surface area contributed by atoms with Crippen LogP contribution in [0.15, 0.2) is 54.6 Å². The largest absolute Gasteiger partial charge is 0.457 e. The highest BCUT2D eigenvalue weighted by Crippen LogP contribution is 2.23. The van der Waals surface area contributed by atoms with Gasteiger partial charge in [0.1, 0.15) is 11.5 Å². The van der Waals surface area contributed by atoms with Crippen molar-refractivity contribution in [2.75, 3.05) is 5.32 Å². The minimum absolute atomic E-state index is 0.190. The van der Waals surface area contributed by atoms with Gasteiger partial charge in [0.25, 0.3) is 0 Å². The van der Waals surface area contributed by atoms with Crippen molar-refractivity contribution in [3.63, 3.8) is 0 Å². The lowest BCUT2D eigenvalue weighted by atomic mass is 10.2. The van der Waals surface area contributed by atoms with E-state index in [4.69, 9.17) is 10.5 Å². The van der Waals surface area contributed by atoms with Gasteiger partial charge in [0.15, 0.2) is 0 Å². The topological polar surface area (TPSA) is 64.4 Å². The molecule has 20 heavy (non-hydrogen) atoms. The SMILES string of the molecule is CC[C@@H](N)C(=O)Nc1cccc(Oc2ccccc2)c1. The molecule has 0 spiro atoms. The second kappa shape index (κ2) is 6.73. The summed E-state index contributed by atoms with van der Waals surface area (Å²) in [5.41, 5.74) is 6.36. The zero-order valence-corrected chi connectivity index (χ0v) is 11.4. The van der Waals surface area contributed by atoms with Crippen LogP contribution in [0.4, 0.5) is 5.69 Å². The average molecular weight is 270 g/mol. The molecule has 0 bridgehead atoms. The van der Waals surface area contributed by atoms with Crippen molar-refractivity contribution in [1.29, 1.82) is 0 Å². The van der Waals surface area contributed by atoms with E-state index in [9.17, 15) is 4.79 Å². The zero-order valence-electron chi connectivity index (χ0n) is 11.4. The number of para-hydroxylation sites is 1. The van der Waals surface area contributed by atoms with Gasteiger partial charge in [-0.2, -0.15) is 0 Å². The van der Waals surface area contributed by atoms with Crippen molar-refractivity contribution in [3.05, 3.63) is 54.6 Å². The lowest BCUT2D eigenvalue weighted by Gasteiger charge is -2.11. The van der Waals surface area contributed by atoms with E-state index in [0.717, 1.165) is 5.75 Å². The highest BCUT2D eigenvalue weighted by molar-refractivity contribution is 5.94. The van der Waals surface area contributed by atoms with Crippen LogP contribution >= 0.6 is 0 Å². The molecule has 0 saturated carbocycles. The summed E-state index contributed by atoms with van der Waals surface area (Å²) in [7, 11) is 0. The first kappa shape index (κ1) is 14.1. The zero-order chi connectivity index (χ0) is 14.4. The van der Waals surface area contributed by atoms with Gasteiger partial charge in [0.05, 0.1) is 6.04 Å². The van der Waals surface area contributed by atoms with Gasteiger partial charge in [0.2, 0.25) is 5.91 Å². The number of hydrogen-bond acceptors (Lipinski definition) is 3. The van der Waals surface area contributed by atoms with Crippen LogP contribution in [-0.2, 0) is 4.79 Å². The highest BCUT2D eigenvalue weighted by Gasteiger charge is 2.11. The Morgan fingerprint density at radius 1 is 1.15 bits per heavy atom. The molecule has 4 nitrogen and oxygen atoms in total. The number of hydrogen-bond donors (Lipinski definition) is 2. The molecule has 0 heterocycles. The Morgan fingerprint density at radius 2 is 1.85 bits per heavy atom. The minimum Gasteiger partial charge on any atom is -0.457 e. The van der Waals surface area contributed by atoms with E-state index in [0.29, 0.717) is 17.9 Å². The Balaban J connectivity index is 2.06. The maximum Gasteiger partial charge on any atom is 0.241 e. The molecule has 3 N–H and O–H groups in total. The second-order valence-corrected chi connectivity index (χ2v) is 4.45. The van der Waals surface area contributed by atoms with E-state index in [-0.39, 0.29) is 5.91 Å². The second-order valence-electron chi connectivity index (χ2n) is 4.45. The van der Waals surface area contributed by atoms with Crippen molar-refractivity contribution in [1.82, 2.24) is 0 Å². The number of rotatable bonds is 5. The maximum atomic E-state index is 11.7. The fraction of sp³-hybridized carbons (Fsp3) is 0.188. The van der Waals surface area contributed by atoms with Crippen molar-refractivity contribution in [3.8, 4) is 11.5 Å². The van der Waals surface area contributed by atoms with Crippen LogP contribution in [0.2, 0.25) is 0 Å². The number of ether oxygens (including phenoxy) is 1. The third kappa shape index (κ3) is 3.83. The molecule has 4 heteroatoms. The number of carbonyl (C=O) groups is 1. The number of anilines is 1. The molecule has 0 aliphatic carbocycles. The molecule has 1 atom stereocenters. The lowest BCUT2D eigenvalue weighted by Crippen LogP contribution is -2.34. The minimum atomic E-state index is -0.492. The summed E-state index contributed by atoms with van der Waals surface area (Å²) in [6.07, 6.45) is 0.603. The Kier molecular flexibility index (Phi) is 4.74. The Bertz CT molecular complexity index is 570.